The summed E-state index contributed by atoms with van der Waals surface area (Å²) in [6, 6.07) is 6.79. The first-order chi connectivity index (χ1) is 11.6. The lowest BCUT2D eigenvalue weighted by molar-refractivity contribution is -0.146. The highest BCUT2D eigenvalue weighted by atomic mass is 16.4. The Bertz CT molecular complexity index is 868. The molecule has 1 amide bonds. The van der Waals surface area contributed by atoms with Gasteiger partial charge in [-0.3, -0.25) is 14.4 Å². The minimum absolute atomic E-state index is 0.0412. The van der Waals surface area contributed by atoms with Crippen molar-refractivity contribution < 1.29 is 14.7 Å². The molecule has 134 valence electrons. The second kappa shape index (κ2) is 7.04. The number of carbonyl (C=O) groups is 2. The van der Waals surface area contributed by atoms with E-state index in [9.17, 15) is 14.4 Å². The van der Waals surface area contributed by atoms with Crippen LogP contribution in [0.4, 0.5) is 0 Å². The van der Waals surface area contributed by atoms with Crippen molar-refractivity contribution in [2.75, 3.05) is 6.54 Å². The fraction of sp³-hybridized carbons (Fsp3) is 0.444. The van der Waals surface area contributed by atoms with Crippen molar-refractivity contribution in [3.05, 3.63) is 40.3 Å². The van der Waals surface area contributed by atoms with Gasteiger partial charge in [-0.15, -0.1) is 0 Å². The largest absolute Gasteiger partial charge is 0.481 e. The van der Waals surface area contributed by atoms with Crippen LogP contribution in [0.1, 0.15) is 38.2 Å². The molecule has 0 atom stereocenters. The van der Waals surface area contributed by atoms with E-state index in [1.54, 1.807) is 24.3 Å². The number of benzene rings is 1. The second-order valence-electron chi connectivity index (χ2n) is 7.15. The van der Waals surface area contributed by atoms with E-state index in [-0.39, 0.29) is 23.7 Å². The number of carbonyl (C=O) groups excluding carboxylic acids is 1. The van der Waals surface area contributed by atoms with Gasteiger partial charge in [-0.05, 0) is 25.8 Å². The van der Waals surface area contributed by atoms with Gasteiger partial charge in [0.1, 0.15) is 0 Å². The molecular weight excluding hydrogens is 322 g/mol. The van der Waals surface area contributed by atoms with Crippen LogP contribution in [-0.2, 0) is 11.3 Å². The molecule has 2 rings (SSSR count). The van der Waals surface area contributed by atoms with E-state index in [0.717, 1.165) is 0 Å². The predicted molar refractivity (Wildman–Crippen MR) is 94.6 cm³/mol. The van der Waals surface area contributed by atoms with Gasteiger partial charge in [0.25, 0.3) is 11.5 Å². The van der Waals surface area contributed by atoms with Crippen LogP contribution in [0.5, 0.6) is 0 Å². The quantitative estimate of drug-likeness (QED) is 0.832. The first kappa shape index (κ1) is 18.6. The molecule has 1 aromatic heterocycles. The first-order valence-corrected chi connectivity index (χ1v) is 8.15. The Morgan fingerprint density at radius 2 is 1.84 bits per heavy atom. The van der Waals surface area contributed by atoms with E-state index in [0.29, 0.717) is 17.3 Å². The molecule has 0 fully saturated rings. The molecule has 1 aromatic carbocycles. The standard InChI is InChI=1S/C18H23N3O4/c1-11(2)9-21-16(23)13-8-6-5-7-12(13)14(20-21)15(22)19-10-18(3,4)17(24)25/h5-8,11H,9-10H2,1-4H3,(H,19,22)(H,24,25). The number of amides is 1. The van der Waals surface area contributed by atoms with Crippen LogP contribution < -0.4 is 10.9 Å². The molecule has 2 N–H and O–H groups in total. The number of hydrogen-bond donors (Lipinski definition) is 2. The summed E-state index contributed by atoms with van der Waals surface area (Å²) < 4.78 is 1.30. The lowest BCUT2D eigenvalue weighted by atomic mass is 9.94. The van der Waals surface area contributed by atoms with Crippen molar-refractivity contribution in [3.63, 3.8) is 0 Å². The molecule has 0 unspecified atom stereocenters. The zero-order valence-corrected chi connectivity index (χ0v) is 14.9. The third kappa shape index (κ3) is 4.04. The Kier molecular flexibility index (Phi) is 5.25. The number of hydrogen-bond acceptors (Lipinski definition) is 4. The van der Waals surface area contributed by atoms with Crippen LogP contribution in [0, 0.1) is 11.3 Å². The van der Waals surface area contributed by atoms with Gasteiger partial charge in [-0.25, -0.2) is 4.68 Å². The monoisotopic (exact) mass is 345 g/mol. The average molecular weight is 345 g/mol. The van der Waals surface area contributed by atoms with Crippen LogP contribution in [-0.4, -0.2) is 33.3 Å². The number of aromatic nitrogens is 2. The topological polar surface area (TPSA) is 101 Å². The van der Waals surface area contributed by atoms with Gasteiger partial charge in [0.2, 0.25) is 0 Å². The molecule has 7 nitrogen and oxygen atoms in total. The lowest BCUT2D eigenvalue weighted by Gasteiger charge is -2.19. The van der Waals surface area contributed by atoms with Gasteiger partial charge >= 0.3 is 5.97 Å². The molecule has 0 saturated heterocycles. The first-order valence-electron chi connectivity index (χ1n) is 8.15. The Hall–Kier alpha value is -2.70. The zero-order chi connectivity index (χ0) is 18.8. The van der Waals surface area contributed by atoms with E-state index in [2.05, 4.69) is 10.4 Å². The summed E-state index contributed by atoms with van der Waals surface area (Å²) in [5.41, 5.74) is -1.22. The van der Waals surface area contributed by atoms with Crippen molar-refractivity contribution in [2.45, 2.75) is 34.2 Å². The van der Waals surface area contributed by atoms with E-state index in [1.807, 2.05) is 13.8 Å². The molecule has 0 aliphatic carbocycles. The maximum Gasteiger partial charge on any atom is 0.310 e. The summed E-state index contributed by atoms with van der Waals surface area (Å²) in [4.78, 5) is 36.3. The maximum atomic E-state index is 12.6. The fourth-order valence-corrected chi connectivity index (χ4v) is 2.33. The Balaban J connectivity index is 2.46. The number of nitrogens with zero attached hydrogens (tertiary/aromatic N) is 2. The summed E-state index contributed by atoms with van der Waals surface area (Å²) in [6.07, 6.45) is 0. The molecule has 1 heterocycles. The molecule has 7 heteroatoms. The maximum absolute atomic E-state index is 12.6. The van der Waals surface area contributed by atoms with Gasteiger partial charge in [-0.2, -0.15) is 5.10 Å². The van der Waals surface area contributed by atoms with E-state index < -0.39 is 17.3 Å². The molecular formula is C18H23N3O4. The summed E-state index contributed by atoms with van der Waals surface area (Å²) >= 11 is 0. The van der Waals surface area contributed by atoms with Crippen molar-refractivity contribution in [1.82, 2.24) is 15.1 Å². The third-order valence-electron chi connectivity index (χ3n) is 3.89. The number of fused-ring (bicyclic) bond motifs is 1. The van der Waals surface area contributed by atoms with Crippen LogP contribution >= 0.6 is 0 Å². The molecule has 0 radical (unpaired) electrons. The van der Waals surface area contributed by atoms with Gasteiger partial charge < -0.3 is 10.4 Å². The lowest BCUT2D eigenvalue weighted by Crippen LogP contribution is -2.40. The van der Waals surface area contributed by atoms with Crippen molar-refractivity contribution in [3.8, 4) is 0 Å². The van der Waals surface area contributed by atoms with Crippen molar-refractivity contribution >= 4 is 22.6 Å². The second-order valence-corrected chi connectivity index (χ2v) is 7.15. The SMILES string of the molecule is CC(C)Cn1nc(C(=O)NCC(C)(C)C(=O)O)c2ccccc2c1=O. The molecule has 0 bridgehead atoms. The van der Waals surface area contributed by atoms with Crippen LogP contribution in [0.25, 0.3) is 10.8 Å². The van der Waals surface area contributed by atoms with Crippen molar-refractivity contribution in [2.24, 2.45) is 11.3 Å². The van der Waals surface area contributed by atoms with Crippen LogP contribution in [0.3, 0.4) is 0 Å². The summed E-state index contributed by atoms with van der Waals surface area (Å²) in [5.74, 6) is -1.31. The van der Waals surface area contributed by atoms with E-state index >= 15 is 0 Å². The van der Waals surface area contributed by atoms with Gasteiger partial charge in [0.05, 0.1) is 10.8 Å². The number of carboxylic acid groups (broad SMARTS) is 1. The van der Waals surface area contributed by atoms with Crippen LogP contribution in [0.15, 0.2) is 29.1 Å². The third-order valence-corrected chi connectivity index (χ3v) is 3.89. The molecule has 0 saturated carbocycles. The highest BCUT2D eigenvalue weighted by molar-refractivity contribution is 6.04. The minimum Gasteiger partial charge on any atom is -0.481 e. The van der Waals surface area contributed by atoms with Gasteiger partial charge in [-0.1, -0.05) is 32.0 Å². The zero-order valence-electron chi connectivity index (χ0n) is 14.9. The summed E-state index contributed by atoms with van der Waals surface area (Å²) in [5, 5.41) is 16.9. The van der Waals surface area contributed by atoms with Gasteiger partial charge in [0, 0.05) is 18.5 Å². The highest BCUT2D eigenvalue weighted by Crippen LogP contribution is 2.16. The molecule has 0 spiro atoms. The smallest absolute Gasteiger partial charge is 0.310 e. The summed E-state index contributed by atoms with van der Waals surface area (Å²) in [6.45, 7) is 7.32. The number of nitrogens with one attached hydrogen (secondary N) is 1. The number of carboxylic acids is 1. The number of aliphatic carboxylic acids is 1. The molecule has 0 aliphatic rings. The molecule has 0 aliphatic heterocycles. The van der Waals surface area contributed by atoms with Crippen molar-refractivity contribution in [1.29, 1.82) is 0 Å². The number of rotatable bonds is 6. The van der Waals surface area contributed by atoms with E-state index in [4.69, 9.17) is 5.11 Å². The Morgan fingerprint density at radius 1 is 1.24 bits per heavy atom. The van der Waals surface area contributed by atoms with Crippen LogP contribution in [0.2, 0.25) is 0 Å². The predicted octanol–water partition coefficient (Wildman–Crippen LogP) is 1.89. The van der Waals surface area contributed by atoms with E-state index in [1.165, 1.54) is 18.5 Å². The highest BCUT2D eigenvalue weighted by Gasteiger charge is 2.28. The normalized spacial score (nSPS) is 11.7. The minimum atomic E-state index is -1.10. The Labute approximate surface area is 145 Å². The molecule has 25 heavy (non-hydrogen) atoms. The Morgan fingerprint density at radius 3 is 2.40 bits per heavy atom. The van der Waals surface area contributed by atoms with Gasteiger partial charge in [0.15, 0.2) is 5.69 Å². The molecule has 2 aromatic rings. The average Bonchev–Trinajstić information content (AvgIpc) is 2.55. The fourth-order valence-electron chi connectivity index (χ4n) is 2.33. The summed E-state index contributed by atoms with van der Waals surface area (Å²) in [7, 11) is 0.